The minimum Gasteiger partial charge on any atom is -0.456 e. The first-order valence-corrected chi connectivity index (χ1v) is 18.0. The minimum atomic E-state index is -3.54. The molecule has 0 aromatic carbocycles. The number of nitrogens with zero attached hydrogens (tertiary/aromatic N) is 3. The number of hydrogen-bond donors (Lipinski definition) is 3. The van der Waals surface area contributed by atoms with Gasteiger partial charge in [-0.3, -0.25) is 23.8 Å². The number of esters is 1. The topological polar surface area (TPSA) is 209 Å². The van der Waals surface area contributed by atoms with Gasteiger partial charge in [0.25, 0.3) is 0 Å². The zero-order chi connectivity index (χ0) is 35.4. The van der Waals surface area contributed by atoms with Gasteiger partial charge in [0.1, 0.15) is 29.5 Å². The van der Waals surface area contributed by atoms with Crippen LogP contribution in [-0.2, 0) is 40.9 Å². The normalized spacial score (nSPS) is 23.1. The van der Waals surface area contributed by atoms with Gasteiger partial charge in [0.15, 0.2) is 0 Å². The first kappa shape index (κ1) is 36.9. The van der Waals surface area contributed by atoms with Crippen LogP contribution in [0.2, 0.25) is 0 Å². The summed E-state index contributed by atoms with van der Waals surface area (Å²) in [5, 5.41) is 6.36. The lowest BCUT2D eigenvalue weighted by Crippen LogP contribution is -2.53. The van der Waals surface area contributed by atoms with Crippen molar-refractivity contribution in [3.8, 4) is 0 Å². The molecular weight excluding hydrogens is 644 g/mol. The molecule has 4 N–H and O–H groups in total. The summed E-state index contributed by atoms with van der Waals surface area (Å²) < 4.78 is 38.6. The van der Waals surface area contributed by atoms with Crippen LogP contribution in [0, 0.1) is 18.8 Å². The average Bonchev–Trinajstić information content (AvgIpc) is 3.89. The van der Waals surface area contributed by atoms with Crippen molar-refractivity contribution in [2.75, 3.05) is 6.54 Å². The lowest BCUT2D eigenvalue weighted by atomic mass is 10.0. The fourth-order valence-electron chi connectivity index (χ4n) is 5.78. The largest absolute Gasteiger partial charge is 0.456 e. The number of rotatable bonds is 15. The Morgan fingerprint density at radius 3 is 2.44 bits per heavy atom. The van der Waals surface area contributed by atoms with E-state index in [0.29, 0.717) is 31.4 Å². The maximum atomic E-state index is 13.8. The van der Waals surface area contributed by atoms with Crippen molar-refractivity contribution in [3.63, 3.8) is 0 Å². The first-order chi connectivity index (χ1) is 22.4. The highest BCUT2D eigenvalue weighted by Gasteiger charge is 2.45. The maximum Gasteiger partial charge on any atom is 0.408 e. The second-order valence-corrected chi connectivity index (χ2v) is 15.9. The maximum absolute atomic E-state index is 13.8. The van der Waals surface area contributed by atoms with Gasteiger partial charge in [0.2, 0.25) is 27.7 Å². The van der Waals surface area contributed by atoms with E-state index in [-0.39, 0.29) is 36.9 Å². The fraction of sp³-hybridized carbons (Fsp3) is 0.688. The molecule has 0 spiro atoms. The third-order valence-corrected chi connectivity index (χ3v) is 10.3. The Labute approximate surface area is 281 Å². The number of allylic oxidation sites excluding steroid dienone is 2. The summed E-state index contributed by atoms with van der Waals surface area (Å²) in [5.74, 6) is -2.65. The van der Waals surface area contributed by atoms with E-state index in [1.165, 1.54) is 9.58 Å². The summed E-state index contributed by atoms with van der Waals surface area (Å²) in [6.45, 7) is 6.78. The highest BCUT2D eigenvalue weighted by molar-refractivity contribution is 7.90. The number of nitrogens with two attached hydrogens (primary N) is 1. The molecule has 1 aromatic heterocycles. The van der Waals surface area contributed by atoms with Crippen molar-refractivity contribution in [2.45, 2.75) is 115 Å². The van der Waals surface area contributed by atoms with Gasteiger partial charge in [0, 0.05) is 19.4 Å². The monoisotopic (exact) mass is 692 g/mol. The van der Waals surface area contributed by atoms with Gasteiger partial charge in [-0.05, 0) is 78.2 Å². The lowest BCUT2D eigenvalue weighted by molar-refractivity contribution is -0.139. The number of aryl methyl sites for hydroxylation is 2. The summed E-state index contributed by atoms with van der Waals surface area (Å²) in [6.07, 6.45) is 7.26. The summed E-state index contributed by atoms with van der Waals surface area (Å²) in [6, 6.07) is -0.461. The molecule has 16 heteroatoms. The van der Waals surface area contributed by atoms with E-state index in [2.05, 4.69) is 15.1 Å². The molecular formula is C32H48N6O9S. The van der Waals surface area contributed by atoms with Gasteiger partial charge >= 0.3 is 12.1 Å². The van der Waals surface area contributed by atoms with Crippen LogP contribution in [0.1, 0.15) is 94.7 Å². The summed E-state index contributed by atoms with van der Waals surface area (Å²) in [5.41, 5.74) is 5.71. The van der Waals surface area contributed by atoms with Crippen molar-refractivity contribution in [2.24, 2.45) is 24.6 Å². The number of aromatic nitrogens is 2. The van der Waals surface area contributed by atoms with Crippen LogP contribution >= 0.6 is 0 Å². The molecule has 4 amide bonds. The molecule has 15 nitrogen and oxygen atoms in total. The van der Waals surface area contributed by atoms with Crippen molar-refractivity contribution in [3.05, 3.63) is 29.6 Å². The molecule has 5 atom stereocenters. The number of hydrogen-bond acceptors (Lipinski definition) is 10. The molecule has 1 saturated heterocycles. The van der Waals surface area contributed by atoms with Crippen LogP contribution in [0.4, 0.5) is 4.79 Å². The molecule has 2 aliphatic carbocycles. The number of amides is 4. The van der Waals surface area contributed by atoms with Crippen molar-refractivity contribution < 1.29 is 41.9 Å². The van der Waals surface area contributed by atoms with E-state index >= 15 is 0 Å². The van der Waals surface area contributed by atoms with Crippen LogP contribution in [0.25, 0.3) is 0 Å². The number of primary amides is 1. The molecule has 48 heavy (non-hydrogen) atoms. The Bertz CT molecular complexity index is 1530. The second-order valence-electron chi connectivity index (χ2n) is 13.9. The number of unbranched alkanes of at least 4 members (excludes halogenated alkanes) is 3. The molecule has 3 fully saturated rings. The van der Waals surface area contributed by atoms with Crippen molar-refractivity contribution in [1.82, 2.24) is 24.7 Å². The standard InChI is InChI=1S/C32H48N6O9S/c1-19-15-26(37(5)35-19)30(42)46-21-17-25(27(33)39)38(18-21)29(41)24(34-31(43)47-32(2,3)4)12-10-8-6-7-9-11-20-16-23(20)28(40)36-48(44,45)22-13-14-22/h9,11,15,20-25H,6-8,10,12-14,16-18H2,1-5H3,(H2,33,39)(H,34,43)(H,36,40)/b11-9-/t20-,21-,23+,24+,25+/m1/s1. The Hall–Kier alpha value is -3.95. The lowest BCUT2D eigenvalue weighted by Gasteiger charge is -2.28. The van der Waals surface area contributed by atoms with E-state index in [9.17, 15) is 32.4 Å². The fourth-order valence-corrected chi connectivity index (χ4v) is 7.14. The van der Waals surface area contributed by atoms with Gasteiger partial charge in [-0.1, -0.05) is 25.0 Å². The number of likely N-dealkylation sites (tertiary alicyclic amines) is 1. The zero-order valence-electron chi connectivity index (χ0n) is 28.3. The summed E-state index contributed by atoms with van der Waals surface area (Å²) >= 11 is 0. The van der Waals surface area contributed by atoms with Gasteiger partial charge < -0.3 is 25.4 Å². The van der Waals surface area contributed by atoms with Crippen LogP contribution in [0.5, 0.6) is 0 Å². The van der Waals surface area contributed by atoms with Crippen molar-refractivity contribution >= 4 is 39.8 Å². The Kier molecular flexibility index (Phi) is 11.6. The molecule has 0 unspecified atom stereocenters. The highest BCUT2D eigenvalue weighted by Crippen LogP contribution is 2.40. The summed E-state index contributed by atoms with van der Waals surface area (Å²) in [7, 11) is -1.93. The van der Waals surface area contributed by atoms with E-state index < -0.39 is 68.8 Å². The Morgan fingerprint density at radius 2 is 1.83 bits per heavy atom. The highest BCUT2D eigenvalue weighted by atomic mass is 32.2. The van der Waals surface area contributed by atoms with E-state index in [1.807, 2.05) is 12.2 Å². The number of ether oxygens (including phenoxy) is 2. The van der Waals surface area contributed by atoms with Gasteiger partial charge in [-0.25, -0.2) is 18.0 Å². The molecule has 266 valence electrons. The Balaban J connectivity index is 1.29. The average molecular weight is 693 g/mol. The second kappa shape index (κ2) is 15.1. The van der Waals surface area contributed by atoms with Crippen LogP contribution in [0.3, 0.4) is 0 Å². The van der Waals surface area contributed by atoms with Gasteiger partial charge in [0.05, 0.1) is 17.5 Å². The molecule has 2 saturated carbocycles. The molecule has 0 radical (unpaired) electrons. The third-order valence-electron chi connectivity index (χ3n) is 8.48. The van der Waals surface area contributed by atoms with Crippen LogP contribution in [0.15, 0.2) is 18.2 Å². The predicted molar refractivity (Wildman–Crippen MR) is 174 cm³/mol. The quantitative estimate of drug-likeness (QED) is 0.138. The number of carbonyl (C=O) groups is 5. The number of carbonyl (C=O) groups excluding carboxylic acids is 5. The minimum absolute atomic E-state index is 0.0226. The molecule has 1 aromatic rings. The molecule has 2 heterocycles. The van der Waals surface area contributed by atoms with Crippen LogP contribution < -0.4 is 15.8 Å². The molecule has 1 aliphatic heterocycles. The molecule has 4 rings (SSSR count). The van der Waals surface area contributed by atoms with Gasteiger partial charge in [-0.2, -0.15) is 5.10 Å². The third kappa shape index (κ3) is 10.3. The zero-order valence-corrected chi connectivity index (χ0v) is 29.1. The van der Waals surface area contributed by atoms with E-state index in [1.54, 1.807) is 40.8 Å². The van der Waals surface area contributed by atoms with E-state index in [0.717, 1.165) is 19.3 Å². The summed E-state index contributed by atoms with van der Waals surface area (Å²) in [4.78, 5) is 65.2. The van der Waals surface area contributed by atoms with Gasteiger partial charge in [-0.15, -0.1) is 0 Å². The predicted octanol–water partition coefficient (Wildman–Crippen LogP) is 1.98. The number of alkyl carbamates (subject to hydrolysis) is 1. The first-order valence-electron chi connectivity index (χ1n) is 16.5. The smallest absolute Gasteiger partial charge is 0.408 e. The SMILES string of the molecule is Cc1cc(C(=O)O[C@@H]2C[C@@H](C(N)=O)N(C(=O)[C@H](CCCCC/C=C\[C@@H]3C[C@@H]3C(=O)NS(=O)(=O)C3CC3)NC(=O)OC(C)(C)C)C2)n(C)n1. The van der Waals surface area contributed by atoms with E-state index in [4.69, 9.17) is 15.2 Å². The molecule has 0 bridgehead atoms. The van der Waals surface area contributed by atoms with Crippen LogP contribution in [-0.4, -0.2) is 88.5 Å². The number of sulfonamides is 1. The Morgan fingerprint density at radius 1 is 1.12 bits per heavy atom. The number of nitrogens with one attached hydrogen (secondary N) is 2. The van der Waals surface area contributed by atoms with Crippen molar-refractivity contribution in [1.29, 1.82) is 0 Å². The molecule has 3 aliphatic rings.